The van der Waals surface area contributed by atoms with Crippen LogP contribution in [-0.2, 0) is 13.0 Å². The second-order valence-electron chi connectivity index (χ2n) is 4.30. The minimum absolute atomic E-state index is 0.196. The largest absolute Gasteiger partial charge is 0.399 e. The lowest BCUT2D eigenvalue weighted by Crippen LogP contribution is -2.16. The molecule has 0 aromatic heterocycles. The van der Waals surface area contributed by atoms with Gasteiger partial charge in [-0.25, -0.2) is 4.39 Å². The van der Waals surface area contributed by atoms with Crippen LogP contribution in [0, 0.1) is 5.82 Å². The van der Waals surface area contributed by atoms with Gasteiger partial charge in [0.25, 0.3) is 0 Å². The van der Waals surface area contributed by atoms with E-state index in [9.17, 15) is 4.39 Å². The van der Waals surface area contributed by atoms with E-state index < -0.39 is 0 Å². The summed E-state index contributed by atoms with van der Waals surface area (Å²) in [6.07, 6.45) is 0.937. The van der Waals surface area contributed by atoms with Crippen molar-refractivity contribution in [3.05, 3.63) is 65.5 Å². The van der Waals surface area contributed by atoms with Crippen LogP contribution < -0.4 is 11.1 Å². The SMILES string of the molecule is Nc1cccc(CCNCc2ccc(F)cc2)c1. The van der Waals surface area contributed by atoms with E-state index in [0.29, 0.717) is 0 Å². The highest BCUT2D eigenvalue weighted by molar-refractivity contribution is 5.40. The van der Waals surface area contributed by atoms with Crippen molar-refractivity contribution in [3.8, 4) is 0 Å². The molecule has 0 unspecified atom stereocenters. The van der Waals surface area contributed by atoms with Crippen molar-refractivity contribution in [2.45, 2.75) is 13.0 Å². The van der Waals surface area contributed by atoms with Gasteiger partial charge in [-0.2, -0.15) is 0 Å². The smallest absolute Gasteiger partial charge is 0.123 e. The maximum absolute atomic E-state index is 12.7. The number of halogens is 1. The third kappa shape index (κ3) is 3.86. The summed E-state index contributed by atoms with van der Waals surface area (Å²) < 4.78 is 12.7. The molecule has 0 amide bonds. The molecular formula is C15H17FN2. The summed E-state index contributed by atoms with van der Waals surface area (Å²) in [6, 6.07) is 14.4. The number of hydrogen-bond acceptors (Lipinski definition) is 2. The molecule has 0 aliphatic rings. The number of anilines is 1. The third-order valence-corrected chi connectivity index (χ3v) is 2.78. The van der Waals surface area contributed by atoms with Gasteiger partial charge >= 0.3 is 0 Å². The molecule has 0 fully saturated rings. The standard InChI is InChI=1S/C15H17FN2/c16-14-6-4-13(5-7-14)11-18-9-8-12-2-1-3-15(17)10-12/h1-7,10,18H,8-9,11,17H2. The van der Waals surface area contributed by atoms with Crippen molar-refractivity contribution in [2.75, 3.05) is 12.3 Å². The number of hydrogen-bond donors (Lipinski definition) is 2. The topological polar surface area (TPSA) is 38.0 Å². The van der Waals surface area contributed by atoms with Gasteiger partial charge in [-0.1, -0.05) is 24.3 Å². The number of nitrogens with two attached hydrogens (primary N) is 1. The molecule has 2 nitrogen and oxygen atoms in total. The average Bonchev–Trinajstić information content (AvgIpc) is 2.37. The van der Waals surface area contributed by atoms with Crippen LogP contribution in [0.5, 0.6) is 0 Å². The van der Waals surface area contributed by atoms with E-state index in [0.717, 1.165) is 30.8 Å². The second-order valence-corrected chi connectivity index (χ2v) is 4.30. The Labute approximate surface area is 107 Å². The molecule has 0 radical (unpaired) electrons. The van der Waals surface area contributed by atoms with Crippen LogP contribution in [0.25, 0.3) is 0 Å². The van der Waals surface area contributed by atoms with Gasteiger partial charge in [-0.15, -0.1) is 0 Å². The summed E-state index contributed by atoms with van der Waals surface area (Å²) in [6.45, 7) is 1.63. The quantitative estimate of drug-likeness (QED) is 0.627. The van der Waals surface area contributed by atoms with Gasteiger partial charge in [-0.05, 0) is 48.4 Å². The second kappa shape index (κ2) is 6.17. The minimum Gasteiger partial charge on any atom is -0.399 e. The van der Waals surface area contributed by atoms with E-state index in [1.807, 2.05) is 18.2 Å². The first-order valence-corrected chi connectivity index (χ1v) is 6.03. The van der Waals surface area contributed by atoms with Crippen LogP contribution in [0.2, 0.25) is 0 Å². The summed E-state index contributed by atoms with van der Waals surface area (Å²) in [4.78, 5) is 0. The molecule has 0 heterocycles. The summed E-state index contributed by atoms with van der Waals surface area (Å²) >= 11 is 0. The number of nitrogens with one attached hydrogen (secondary N) is 1. The Bertz CT molecular complexity index is 494. The first kappa shape index (κ1) is 12.6. The van der Waals surface area contributed by atoms with E-state index in [-0.39, 0.29) is 5.82 Å². The predicted molar refractivity (Wildman–Crippen MR) is 72.7 cm³/mol. The highest BCUT2D eigenvalue weighted by Gasteiger charge is 1.96. The normalized spacial score (nSPS) is 10.5. The van der Waals surface area contributed by atoms with E-state index in [4.69, 9.17) is 5.73 Å². The maximum Gasteiger partial charge on any atom is 0.123 e. The molecule has 3 N–H and O–H groups in total. The lowest BCUT2D eigenvalue weighted by molar-refractivity contribution is 0.625. The Balaban J connectivity index is 1.74. The highest BCUT2D eigenvalue weighted by Crippen LogP contribution is 2.07. The zero-order valence-corrected chi connectivity index (χ0v) is 10.2. The van der Waals surface area contributed by atoms with Crippen molar-refractivity contribution in [2.24, 2.45) is 0 Å². The summed E-state index contributed by atoms with van der Waals surface area (Å²) in [5, 5.41) is 3.33. The van der Waals surface area contributed by atoms with Crippen LogP contribution in [0.15, 0.2) is 48.5 Å². The van der Waals surface area contributed by atoms with Crippen LogP contribution >= 0.6 is 0 Å². The molecule has 2 aromatic carbocycles. The van der Waals surface area contributed by atoms with Crippen molar-refractivity contribution in [1.29, 1.82) is 0 Å². The van der Waals surface area contributed by atoms with Crippen molar-refractivity contribution in [1.82, 2.24) is 5.32 Å². The minimum atomic E-state index is -0.196. The van der Waals surface area contributed by atoms with Gasteiger partial charge in [-0.3, -0.25) is 0 Å². The molecule has 0 saturated heterocycles. The maximum atomic E-state index is 12.7. The fourth-order valence-electron chi connectivity index (χ4n) is 1.82. The average molecular weight is 244 g/mol. The molecule has 2 aromatic rings. The van der Waals surface area contributed by atoms with Crippen molar-refractivity contribution < 1.29 is 4.39 Å². The molecule has 0 aliphatic carbocycles. The van der Waals surface area contributed by atoms with Crippen LogP contribution in [0.3, 0.4) is 0 Å². The zero-order chi connectivity index (χ0) is 12.8. The molecule has 0 bridgehead atoms. The summed E-state index contributed by atoms with van der Waals surface area (Å²) in [5.74, 6) is -0.196. The summed E-state index contributed by atoms with van der Waals surface area (Å²) in [7, 11) is 0. The molecule has 2 rings (SSSR count). The molecular weight excluding hydrogens is 227 g/mol. The van der Waals surface area contributed by atoms with Gasteiger partial charge < -0.3 is 11.1 Å². The number of nitrogen functional groups attached to an aromatic ring is 1. The molecule has 0 aliphatic heterocycles. The van der Waals surface area contributed by atoms with Crippen molar-refractivity contribution in [3.63, 3.8) is 0 Å². The molecule has 94 valence electrons. The Morgan fingerprint density at radius 1 is 1.00 bits per heavy atom. The predicted octanol–water partition coefficient (Wildman–Crippen LogP) is 2.74. The van der Waals surface area contributed by atoms with Gasteiger partial charge in [0.05, 0.1) is 0 Å². The lowest BCUT2D eigenvalue weighted by atomic mass is 10.1. The molecule has 18 heavy (non-hydrogen) atoms. The zero-order valence-electron chi connectivity index (χ0n) is 10.2. The van der Waals surface area contributed by atoms with Crippen LogP contribution in [-0.4, -0.2) is 6.54 Å². The number of rotatable bonds is 5. The van der Waals surface area contributed by atoms with Crippen LogP contribution in [0.1, 0.15) is 11.1 Å². The number of benzene rings is 2. The van der Waals surface area contributed by atoms with E-state index in [1.165, 1.54) is 17.7 Å². The highest BCUT2D eigenvalue weighted by atomic mass is 19.1. The van der Waals surface area contributed by atoms with Crippen LogP contribution in [0.4, 0.5) is 10.1 Å². The molecule has 3 heteroatoms. The van der Waals surface area contributed by atoms with Gasteiger partial charge in [0.2, 0.25) is 0 Å². The fraction of sp³-hybridized carbons (Fsp3) is 0.200. The van der Waals surface area contributed by atoms with Gasteiger partial charge in [0, 0.05) is 12.2 Å². The Morgan fingerprint density at radius 3 is 2.50 bits per heavy atom. The Morgan fingerprint density at radius 2 is 1.78 bits per heavy atom. The summed E-state index contributed by atoms with van der Waals surface area (Å²) in [5.41, 5.74) is 8.82. The Hall–Kier alpha value is -1.87. The van der Waals surface area contributed by atoms with E-state index in [2.05, 4.69) is 11.4 Å². The lowest BCUT2D eigenvalue weighted by Gasteiger charge is -2.05. The first-order chi connectivity index (χ1) is 8.74. The third-order valence-electron chi connectivity index (χ3n) is 2.78. The fourth-order valence-corrected chi connectivity index (χ4v) is 1.82. The van der Waals surface area contributed by atoms with E-state index in [1.54, 1.807) is 12.1 Å². The van der Waals surface area contributed by atoms with Gasteiger partial charge in [0.15, 0.2) is 0 Å². The Kier molecular flexibility index (Phi) is 4.31. The molecule has 0 saturated carbocycles. The van der Waals surface area contributed by atoms with Gasteiger partial charge in [0.1, 0.15) is 5.82 Å². The first-order valence-electron chi connectivity index (χ1n) is 6.03. The van der Waals surface area contributed by atoms with Crippen molar-refractivity contribution >= 4 is 5.69 Å². The molecule has 0 atom stereocenters. The van der Waals surface area contributed by atoms with E-state index >= 15 is 0 Å². The molecule has 0 spiro atoms. The monoisotopic (exact) mass is 244 g/mol.